The topological polar surface area (TPSA) is 43.4 Å². The molecule has 0 aromatic heterocycles. The third kappa shape index (κ3) is 1.57. The maximum absolute atomic E-state index is 13.0. The summed E-state index contributed by atoms with van der Waals surface area (Å²) >= 11 is 0. The van der Waals surface area contributed by atoms with E-state index in [1.807, 2.05) is 0 Å². The van der Waals surface area contributed by atoms with E-state index in [-0.39, 0.29) is 10.6 Å². The monoisotopic (exact) mass is 236 g/mol. The first-order valence-electron chi connectivity index (χ1n) is 3.88. The lowest BCUT2D eigenvalue weighted by atomic mass is 10.2. The molecule has 0 fully saturated rings. The smallest absolute Gasteiger partial charge is 0.265 e. The second-order valence-corrected chi connectivity index (χ2v) is 5.46. The highest BCUT2D eigenvalue weighted by atomic mass is 35.7. The summed E-state index contributed by atoms with van der Waals surface area (Å²) in [7, 11) is 1.20. The number of benzene rings is 1. The van der Waals surface area contributed by atoms with Gasteiger partial charge < -0.3 is 4.74 Å². The fourth-order valence-corrected chi connectivity index (χ4v) is 2.43. The van der Waals surface area contributed by atoms with E-state index >= 15 is 0 Å². The van der Waals surface area contributed by atoms with Gasteiger partial charge in [-0.1, -0.05) is 0 Å². The predicted octanol–water partition coefficient (Wildman–Crippen LogP) is 1.69. The number of hydrogen-bond donors (Lipinski definition) is 0. The summed E-state index contributed by atoms with van der Waals surface area (Å²) in [5, 5.41) is 0. The molecule has 0 unspecified atom stereocenters. The SMILES string of the molecule is O=S(=O)(Cl)c1cc(F)cc2c1OCC2. The quantitative estimate of drug-likeness (QED) is 0.697. The van der Waals surface area contributed by atoms with Gasteiger partial charge in [-0.2, -0.15) is 0 Å². The van der Waals surface area contributed by atoms with E-state index in [9.17, 15) is 12.8 Å². The van der Waals surface area contributed by atoms with Crippen molar-refractivity contribution in [3.63, 3.8) is 0 Å². The summed E-state index contributed by atoms with van der Waals surface area (Å²) in [5.74, 6) is -0.435. The summed E-state index contributed by atoms with van der Waals surface area (Å²) in [6.07, 6.45) is 0.506. The van der Waals surface area contributed by atoms with Gasteiger partial charge in [0.1, 0.15) is 16.5 Å². The zero-order valence-corrected chi connectivity index (χ0v) is 8.53. The number of rotatable bonds is 1. The molecule has 0 bridgehead atoms. The number of ether oxygens (including phenoxy) is 1. The molecule has 1 aromatic carbocycles. The van der Waals surface area contributed by atoms with Crippen molar-refractivity contribution in [1.29, 1.82) is 0 Å². The molecule has 0 radical (unpaired) electrons. The van der Waals surface area contributed by atoms with Gasteiger partial charge in [-0.25, -0.2) is 12.8 Å². The minimum atomic E-state index is -3.94. The van der Waals surface area contributed by atoms with Crippen molar-refractivity contribution < 1.29 is 17.5 Å². The molecule has 0 atom stereocenters. The van der Waals surface area contributed by atoms with Crippen molar-refractivity contribution in [2.45, 2.75) is 11.3 Å². The Hall–Kier alpha value is -0.810. The molecule has 1 aliphatic heterocycles. The minimum absolute atomic E-state index is 0.182. The summed E-state index contributed by atoms with van der Waals surface area (Å²) in [5.41, 5.74) is 0.546. The van der Waals surface area contributed by atoms with Crippen molar-refractivity contribution in [2.24, 2.45) is 0 Å². The second kappa shape index (κ2) is 3.10. The zero-order chi connectivity index (χ0) is 10.3. The third-order valence-corrected chi connectivity index (χ3v) is 3.30. The maximum Gasteiger partial charge on any atom is 0.265 e. The molecule has 6 heteroatoms. The fourth-order valence-electron chi connectivity index (χ4n) is 1.42. The lowest BCUT2D eigenvalue weighted by Gasteiger charge is -2.04. The van der Waals surface area contributed by atoms with Gasteiger partial charge in [0.05, 0.1) is 6.61 Å². The minimum Gasteiger partial charge on any atom is -0.492 e. The van der Waals surface area contributed by atoms with Crippen LogP contribution in [-0.4, -0.2) is 15.0 Å². The lowest BCUT2D eigenvalue weighted by molar-refractivity contribution is 0.348. The number of halogens is 2. The highest BCUT2D eigenvalue weighted by Gasteiger charge is 2.25. The van der Waals surface area contributed by atoms with Gasteiger partial charge in [-0.15, -0.1) is 0 Å². The Balaban J connectivity index is 2.72. The van der Waals surface area contributed by atoms with Crippen LogP contribution in [0, 0.1) is 5.82 Å². The van der Waals surface area contributed by atoms with Gasteiger partial charge in [0.25, 0.3) is 9.05 Å². The first-order valence-corrected chi connectivity index (χ1v) is 6.19. The third-order valence-electron chi connectivity index (χ3n) is 1.98. The van der Waals surface area contributed by atoms with Crippen molar-refractivity contribution >= 4 is 19.7 Å². The van der Waals surface area contributed by atoms with Crippen LogP contribution in [0.5, 0.6) is 5.75 Å². The van der Waals surface area contributed by atoms with Crippen molar-refractivity contribution in [3.05, 3.63) is 23.5 Å². The van der Waals surface area contributed by atoms with Gasteiger partial charge in [0, 0.05) is 22.7 Å². The van der Waals surface area contributed by atoms with Crippen LogP contribution < -0.4 is 4.74 Å². The molecule has 0 N–H and O–H groups in total. The van der Waals surface area contributed by atoms with Crippen LogP contribution in [0.15, 0.2) is 17.0 Å². The highest BCUT2D eigenvalue weighted by molar-refractivity contribution is 8.13. The summed E-state index contributed by atoms with van der Waals surface area (Å²) in [6.45, 7) is 0.359. The van der Waals surface area contributed by atoms with Crippen LogP contribution >= 0.6 is 10.7 Å². The summed E-state index contributed by atoms with van der Waals surface area (Å²) in [6, 6.07) is 2.13. The van der Waals surface area contributed by atoms with Crippen LogP contribution in [0.2, 0.25) is 0 Å². The number of fused-ring (bicyclic) bond motifs is 1. The Morgan fingerprint density at radius 3 is 2.79 bits per heavy atom. The molecule has 1 aromatic rings. The van der Waals surface area contributed by atoms with E-state index in [2.05, 4.69) is 0 Å². The predicted molar refractivity (Wildman–Crippen MR) is 48.6 cm³/mol. The molecule has 0 saturated heterocycles. The van der Waals surface area contributed by atoms with Gasteiger partial charge >= 0.3 is 0 Å². The van der Waals surface area contributed by atoms with Gasteiger partial charge in [0.2, 0.25) is 0 Å². The normalized spacial score (nSPS) is 15.0. The largest absolute Gasteiger partial charge is 0.492 e. The Morgan fingerprint density at radius 1 is 1.43 bits per heavy atom. The van der Waals surface area contributed by atoms with Crippen LogP contribution in [0.25, 0.3) is 0 Å². The van der Waals surface area contributed by atoms with Gasteiger partial charge in [-0.3, -0.25) is 0 Å². The molecule has 0 saturated carbocycles. The maximum atomic E-state index is 13.0. The van der Waals surface area contributed by atoms with Gasteiger partial charge in [0.15, 0.2) is 0 Å². The zero-order valence-electron chi connectivity index (χ0n) is 6.96. The molecule has 0 amide bonds. The molecule has 1 heterocycles. The molecular weight excluding hydrogens is 231 g/mol. The average molecular weight is 237 g/mol. The Kier molecular flexibility index (Phi) is 2.16. The molecule has 0 spiro atoms. The van der Waals surface area contributed by atoms with Crippen LogP contribution in [0.1, 0.15) is 5.56 Å². The molecule has 1 aliphatic rings. The second-order valence-electron chi connectivity index (χ2n) is 2.93. The average Bonchev–Trinajstić information content (AvgIpc) is 2.47. The molecule has 14 heavy (non-hydrogen) atoms. The molecule has 3 nitrogen and oxygen atoms in total. The first-order chi connectivity index (χ1) is 6.48. The Bertz CT molecular complexity index is 484. The van der Waals surface area contributed by atoms with E-state index in [4.69, 9.17) is 15.4 Å². The molecular formula is C8H6ClFO3S. The number of hydrogen-bond acceptors (Lipinski definition) is 3. The van der Waals surface area contributed by atoms with Crippen molar-refractivity contribution in [2.75, 3.05) is 6.61 Å². The van der Waals surface area contributed by atoms with Gasteiger partial charge in [-0.05, 0) is 12.1 Å². The Morgan fingerprint density at radius 2 is 2.14 bits per heavy atom. The summed E-state index contributed by atoms with van der Waals surface area (Å²) < 4.78 is 40.2. The van der Waals surface area contributed by atoms with Crippen molar-refractivity contribution in [3.8, 4) is 5.75 Å². The lowest BCUT2D eigenvalue weighted by Crippen LogP contribution is -1.96. The van der Waals surface area contributed by atoms with E-state index < -0.39 is 14.9 Å². The van der Waals surface area contributed by atoms with E-state index in [0.29, 0.717) is 18.6 Å². The van der Waals surface area contributed by atoms with Crippen LogP contribution in [-0.2, 0) is 15.5 Å². The summed E-state index contributed by atoms with van der Waals surface area (Å²) in [4.78, 5) is -0.285. The van der Waals surface area contributed by atoms with Crippen molar-refractivity contribution in [1.82, 2.24) is 0 Å². The fraction of sp³-hybridized carbons (Fsp3) is 0.250. The molecule has 2 rings (SSSR count). The molecule has 76 valence electrons. The van der Waals surface area contributed by atoms with Crippen LogP contribution in [0.3, 0.4) is 0 Å². The first kappa shape index (κ1) is 9.73. The molecule has 0 aliphatic carbocycles. The van der Waals surface area contributed by atoms with Crippen LogP contribution in [0.4, 0.5) is 4.39 Å². The van der Waals surface area contributed by atoms with E-state index in [0.717, 1.165) is 6.07 Å². The highest BCUT2D eigenvalue weighted by Crippen LogP contribution is 2.35. The standard InChI is InChI=1S/C8H6ClFO3S/c9-14(11,12)7-4-6(10)3-5-1-2-13-8(5)7/h3-4H,1-2H2. The Labute approximate surface area is 84.9 Å². The van der Waals surface area contributed by atoms with E-state index in [1.165, 1.54) is 6.07 Å². The van der Waals surface area contributed by atoms with E-state index in [1.54, 1.807) is 0 Å².